The van der Waals surface area contributed by atoms with Crippen molar-refractivity contribution in [1.29, 1.82) is 0 Å². The van der Waals surface area contributed by atoms with Crippen LogP contribution in [-0.2, 0) is 6.54 Å². The highest BCUT2D eigenvalue weighted by molar-refractivity contribution is 7.13. The van der Waals surface area contributed by atoms with Crippen LogP contribution in [0.3, 0.4) is 0 Å². The highest BCUT2D eigenvalue weighted by Gasteiger charge is 2.07. The van der Waals surface area contributed by atoms with Crippen molar-refractivity contribution in [2.75, 3.05) is 7.11 Å². The molecule has 3 heterocycles. The van der Waals surface area contributed by atoms with Gasteiger partial charge in [-0.2, -0.15) is 5.10 Å². The molecule has 0 aliphatic heterocycles. The second kappa shape index (κ2) is 6.72. The predicted molar refractivity (Wildman–Crippen MR) is 104 cm³/mol. The molecular formula is C20H17N3O2S. The number of rotatable bonds is 4. The lowest BCUT2D eigenvalue weighted by molar-refractivity contribution is 0.414. The van der Waals surface area contributed by atoms with Gasteiger partial charge in [-0.3, -0.25) is 9.78 Å². The molecule has 0 spiro atoms. The van der Waals surface area contributed by atoms with Gasteiger partial charge in [0.1, 0.15) is 11.4 Å². The van der Waals surface area contributed by atoms with E-state index in [1.165, 1.54) is 10.2 Å². The van der Waals surface area contributed by atoms with E-state index in [-0.39, 0.29) is 5.56 Å². The lowest BCUT2D eigenvalue weighted by Crippen LogP contribution is -2.22. The molecule has 3 aromatic heterocycles. The largest absolute Gasteiger partial charge is 0.495 e. The van der Waals surface area contributed by atoms with Crippen LogP contribution in [0.2, 0.25) is 0 Å². The number of thiophene rings is 1. The zero-order valence-corrected chi connectivity index (χ0v) is 15.3. The lowest BCUT2D eigenvalue weighted by atomic mass is 10.1. The van der Waals surface area contributed by atoms with E-state index in [9.17, 15) is 4.79 Å². The molecule has 0 saturated carbocycles. The zero-order chi connectivity index (χ0) is 18.1. The highest BCUT2D eigenvalue weighted by Crippen LogP contribution is 2.24. The Kier molecular flexibility index (Phi) is 4.26. The molecule has 130 valence electrons. The van der Waals surface area contributed by atoms with Crippen LogP contribution >= 0.6 is 11.3 Å². The van der Waals surface area contributed by atoms with Gasteiger partial charge in [0.15, 0.2) is 0 Å². The second-order valence-electron chi connectivity index (χ2n) is 6.10. The Labute approximate surface area is 154 Å². The Bertz CT molecular complexity index is 1150. The molecule has 0 unspecified atom stereocenters. The van der Waals surface area contributed by atoms with Gasteiger partial charge < -0.3 is 4.74 Å². The van der Waals surface area contributed by atoms with Crippen LogP contribution in [0.15, 0.2) is 58.8 Å². The Morgan fingerprint density at radius 2 is 2.04 bits per heavy atom. The Morgan fingerprint density at radius 1 is 1.15 bits per heavy atom. The Balaban J connectivity index is 1.70. The summed E-state index contributed by atoms with van der Waals surface area (Å²) < 4.78 is 6.74. The standard InChI is InChI=1S/C20H17N3O2S/c1-13-7-19(26-12-13)18-5-6-20(24)23(22-18)11-14-3-4-17-15(8-14)9-16(25-2)10-21-17/h3-10,12H,11H2,1-2H3. The van der Waals surface area contributed by atoms with Gasteiger partial charge in [0.05, 0.1) is 30.2 Å². The van der Waals surface area contributed by atoms with Gasteiger partial charge in [-0.1, -0.05) is 6.07 Å². The molecular weight excluding hydrogens is 346 g/mol. The molecule has 6 heteroatoms. The summed E-state index contributed by atoms with van der Waals surface area (Å²) in [6, 6.07) is 13.3. The maximum atomic E-state index is 12.2. The van der Waals surface area contributed by atoms with Crippen molar-refractivity contribution >= 4 is 22.2 Å². The maximum Gasteiger partial charge on any atom is 0.267 e. The quantitative estimate of drug-likeness (QED) is 0.552. The van der Waals surface area contributed by atoms with E-state index < -0.39 is 0 Å². The minimum absolute atomic E-state index is 0.120. The molecule has 0 atom stereocenters. The number of ether oxygens (including phenoxy) is 1. The molecule has 0 aliphatic rings. The first kappa shape index (κ1) is 16.5. The fraction of sp³-hybridized carbons (Fsp3) is 0.150. The SMILES string of the molecule is COc1cnc2ccc(Cn3nc(-c4cc(C)cs4)ccc3=O)cc2c1. The van der Waals surface area contributed by atoms with Gasteiger partial charge in [0.25, 0.3) is 5.56 Å². The number of benzene rings is 1. The summed E-state index contributed by atoms with van der Waals surface area (Å²) in [4.78, 5) is 17.7. The van der Waals surface area contributed by atoms with Crippen molar-refractivity contribution in [2.45, 2.75) is 13.5 Å². The highest BCUT2D eigenvalue weighted by atomic mass is 32.1. The van der Waals surface area contributed by atoms with Crippen molar-refractivity contribution in [3.8, 4) is 16.3 Å². The molecule has 26 heavy (non-hydrogen) atoms. The molecule has 0 N–H and O–H groups in total. The first-order chi connectivity index (χ1) is 12.6. The number of fused-ring (bicyclic) bond motifs is 1. The average Bonchev–Trinajstić information content (AvgIpc) is 3.09. The molecule has 0 amide bonds. The molecule has 0 radical (unpaired) electrons. The van der Waals surface area contributed by atoms with E-state index in [1.54, 1.807) is 36.8 Å². The van der Waals surface area contributed by atoms with Crippen LogP contribution in [0.1, 0.15) is 11.1 Å². The van der Waals surface area contributed by atoms with Crippen molar-refractivity contribution < 1.29 is 4.74 Å². The number of hydrogen-bond donors (Lipinski definition) is 0. The lowest BCUT2D eigenvalue weighted by Gasteiger charge is -2.08. The molecule has 4 rings (SSSR count). The minimum atomic E-state index is -0.120. The van der Waals surface area contributed by atoms with E-state index in [0.29, 0.717) is 12.3 Å². The summed E-state index contributed by atoms with van der Waals surface area (Å²) in [5.74, 6) is 0.708. The summed E-state index contributed by atoms with van der Waals surface area (Å²) in [6.07, 6.45) is 1.69. The predicted octanol–water partition coefficient (Wildman–Crippen LogP) is 3.89. The monoisotopic (exact) mass is 363 g/mol. The van der Waals surface area contributed by atoms with Gasteiger partial charge in [0, 0.05) is 11.5 Å². The van der Waals surface area contributed by atoms with Crippen molar-refractivity contribution in [3.63, 3.8) is 0 Å². The van der Waals surface area contributed by atoms with Gasteiger partial charge >= 0.3 is 0 Å². The summed E-state index contributed by atoms with van der Waals surface area (Å²) in [5.41, 5.74) is 3.76. The molecule has 1 aromatic carbocycles. The normalized spacial score (nSPS) is 11.0. The topological polar surface area (TPSA) is 57.0 Å². The Hall–Kier alpha value is -2.99. The van der Waals surface area contributed by atoms with Crippen molar-refractivity contribution in [3.05, 3.63) is 75.5 Å². The third-order valence-corrected chi connectivity index (χ3v) is 5.21. The van der Waals surface area contributed by atoms with E-state index in [0.717, 1.165) is 27.0 Å². The van der Waals surface area contributed by atoms with Gasteiger partial charge in [-0.15, -0.1) is 11.3 Å². The van der Waals surface area contributed by atoms with Crippen LogP contribution < -0.4 is 10.3 Å². The van der Waals surface area contributed by atoms with E-state index >= 15 is 0 Å². The maximum absolute atomic E-state index is 12.2. The van der Waals surface area contributed by atoms with Crippen LogP contribution in [0.4, 0.5) is 0 Å². The second-order valence-corrected chi connectivity index (χ2v) is 7.02. The number of aromatic nitrogens is 3. The fourth-order valence-corrected chi connectivity index (χ4v) is 3.67. The molecule has 4 aromatic rings. The van der Waals surface area contributed by atoms with E-state index in [1.807, 2.05) is 31.2 Å². The van der Waals surface area contributed by atoms with E-state index in [4.69, 9.17) is 4.74 Å². The summed E-state index contributed by atoms with van der Waals surface area (Å²) in [5, 5.41) is 7.59. The van der Waals surface area contributed by atoms with Gasteiger partial charge in [-0.25, -0.2) is 4.68 Å². The first-order valence-corrected chi connectivity index (χ1v) is 9.07. The third-order valence-electron chi connectivity index (χ3n) is 4.14. The minimum Gasteiger partial charge on any atom is -0.495 e. The molecule has 0 saturated heterocycles. The fourth-order valence-electron chi connectivity index (χ4n) is 2.80. The van der Waals surface area contributed by atoms with Crippen molar-refractivity contribution in [2.24, 2.45) is 0 Å². The van der Waals surface area contributed by atoms with Crippen LogP contribution in [0.25, 0.3) is 21.5 Å². The molecule has 0 aliphatic carbocycles. The van der Waals surface area contributed by atoms with Crippen LogP contribution in [-0.4, -0.2) is 21.9 Å². The smallest absolute Gasteiger partial charge is 0.267 e. The third kappa shape index (κ3) is 3.23. The van der Waals surface area contributed by atoms with Gasteiger partial charge in [-0.05, 0) is 53.8 Å². The molecule has 0 fully saturated rings. The van der Waals surface area contributed by atoms with Gasteiger partial charge in [0.2, 0.25) is 0 Å². The number of nitrogens with zero attached hydrogens (tertiary/aromatic N) is 3. The number of methoxy groups -OCH3 is 1. The Morgan fingerprint density at radius 3 is 2.81 bits per heavy atom. The van der Waals surface area contributed by atoms with Crippen molar-refractivity contribution in [1.82, 2.24) is 14.8 Å². The van der Waals surface area contributed by atoms with Crippen LogP contribution in [0, 0.1) is 6.92 Å². The summed E-state index contributed by atoms with van der Waals surface area (Å²) >= 11 is 1.63. The number of hydrogen-bond acceptors (Lipinski definition) is 5. The zero-order valence-electron chi connectivity index (χ0n) is 14.5. The number of aryl methyl sites for hydroxylation is 1. The van der Waals surface area contributed by atoms with Crippen LogP contribution in [0.5, 0.6) is 5.75 Å². The molecule has 5 nitrogen and oxygen atoms in total. The average molecular weight is 363 g/mol. The summed E-state index contributed by atoms with van der Waals surface area (Å²) in [6.45, 7) is 2.46. The summed E-state index contributed by atoms with van der Waals surface area (Å²) in [7, 11) is 1.62. The number of pyridine rings is 1. The first-order valence-electron chi connectivity index (χ1n) is 8.19. The van der Waals surface area contributed by atoms with E-state index in [2.05, 4.69) is 21.5 Å². The molecule has 0 bridgehead atoms.